The minimum atomic E-state index is -4.46. The molecular weight excluding hydrogens is 405 g/mol. The Hall–Kier alpha value is -2.39. The van der Waals surface area contributed by atoms with Gasteiger partial charge in [-0.2, -0.15) is 17.5 Å². The number of halogens is 3. The van der Waals surface area contributed by atoms with E-state index in [0.29, 0.717) is 18.7 Å². The SMILES string of the molecule is O=C(NCc1cccc(S(=O)(=O)N2CCCCC2)c1)c1ccc(C(F)(F)F)cc1. The number of alkyl halides is 3. The second-order valence-corrected chi connectivity index (χ2v) is 8.81. The number of benzene rings is 2. The van der Waals surface area contributed by atoms with Crippen LogP contribution < -0.4 is 5.32 Å². The molecule has 0 unspecified atom stereocenters. The average Bonchev–Trinajstić information content (AvgIpc) is 2.72. The lowest BCUT2D eigenvalue weighted by Crippen LogP contribution is -2.35. The molecule has 0 aliphatic carbocycles. The van der Waals surface area contributed by atoms with E-state index in [4.69, 9.17) is 0 Å². The van der Waals surface area contributed by atoms with Crippen LogP contribution in [0.15, 0.2) is 53.4 Å². The monoisotopic (exact) mass is 426 g/mol. The van der Waals surface area contributed by atoms with Crippen molar-refractivity contribution in [3.05, 3.63) is 65.2 Å². The number of hydrogen-bond acceptors (Lipinski definition) is 3. The van der Waals surface area contributed by atoms with Gasteiger partial charge in [-0.05, 0) is 54.8 Å². The van der Waals surface area contributed by atoms with Crippen LogP contribution in [0.1, 0.15) is 40.7 Å². The van der Waals surface area contributed by atoms with Crippen molar-refractivity contribution in [3.8, 4) is 0 Å². The molecule has 0 aromatic heterocycles. The van der Waals surface area contributed by atoms with Gasteiger partial charge in [-0.25, -0.2) is 8.42 Å². The Balaban J connectivity index is 1.67. The summed E-state index contributed by atoms with van der Waals surface area (Å²) in [6.07, 6.45) is -1.78. The third-order valence-corrected chi connectivity index (χ3v) is 6.67. The summed E-state index contributed by atoms with van der Waals surface area (Å²) in [5.74, 6) is -0.539. The first-order valence-corrected chi connectivity index (χ1v) is 10.7. The van der Waals surface area contributed by atoms with Gasteiger partial charge in [-0.1, -0.05) is 18.6 Å². The number of rotatable bonds is 5. The maximum atomic E-state index is 12.8. The van der Waals surface area contributed by atoms with E-state index >= 15 is 0 Å². The molecule has 1 fully saturated rings. The number of nitrogens with one attached hydrogen (secondary N) is 1. The van der Waals surface area contributed by atoms with Crippen molar-refractivity contribution in [1.29, 1.82) is 0 Å². The molecule has 1 aliphatic heterocycles. The molecule has 1 aliphatic rings. The summed E-state index contributed by atoms with van der Waals surface area (Å²) in [5.41, 5.74) is -0.150. The van der Waals surface area contributed by atoms with E-state index in [1.54, 1.807) is 12.1 Å². The molecule has 0 radical (unpaired) electrons. The van der Waals surface area contributed by atoms with Crippen LogP contribution in [-0.4, -0.2) is 31.7 Å². The Bertz CT molecular complexity index is 967. The number of carbonyl (C=O) groups is 1. The highest BCUT2D eigenvalue weighted by Gasteiger charge is 2.30. The summed E-state index contributed by atoms with van der Waals surface area (Å²) < 4.78 is 64.8. The fourth-order valence-corrected chi connectivity index (χ4v) is 4.75. The molecule has 1 N–H and O–H groups in total. The lowest BCUT2D eigenvalue weighted by Gasteiger charge is -2.26. The van der Waals surface area contributed by atoms with E-state index in [9.17, 15) is 26.4 Å². The van der Waals surface area contributed by atoms with Gasteiger partial charge in [0.25, 0.3) is 5.91 Å². The highest BCUT2D eigenvalue weighted by atomic mass is 32.2. The van der Waals surface area contributed by atoms with E-state index in [-0.39, 0.29) is 17.0 Å². The maximum absolute atomic E-state index is 12.8. The number of carbonyl (C=O) groups excluding carboxylic acids is 1. The fraction of sp³-hybridized carbons (Fsp3) is 0.350. The summed E-state index contributed by atoms with van der Waals surface area (Å²) in [6.45, 7) is 1.05. The number of nitrogens with zero attached hydrogens (tertiary/aromatic N) is 1. The number of piperidine rings is 1. The second kappa shape index (κ2) is 8.54. The third-order valence-electron chi connectivity index (χ3n) is 4.78. The first-order valence-electron chi connectivity index (χ1n) is 9.22. The topological polar surface area (TPSA) is 66.5 Å². The smallest absolute Gasteiger partial charge is 0.348 e. The highest BCUT2D eigenvalue weighted by Crippen LogP contribution is 2.29. The van der Waals surface area contributed by atoms with Crippen molar-refractivity contribution >= 4 is 15.9 Å². The molecule has 9 heteroatoms. The van der Waals surface area contributed by atoms with E-state index in [2.05, 4.69) is 5.32 Å². The zero-order valence-corrected chi connectivity index (χ0v) is 16.4. The van der Waals surface area contributed by atoms with Gasteiger partial charge < -0.3 is 5.32 Å². The van der Waals surface area contributed by atoms with Crippen LogP contribution in [0.5, 0.6) is 0 Å². The zero-order valence-electron chi connectivity index (χ0n) is 15.6. The maximum Gasteiger partial charge on any atom is 0.416 e. The van der Waals surface area contributed by atoms with Gasteiger partial charge in [0, 0.05) is 25.2 Å². The van der Waals surface area contributed by atoms with Crippen LogP contribution in [0.3, 0.4) is 0 Å². The quantitative estimate of drug-likeness (QED) is 0.791. The van der Waals surface area contributed by atoms with Crippen LogP contribution in [-0.2, 0) is 22.7 Å². The van der Waals surface area contributed by atoms with Crippen molar-refractivity contribution in [1.82, 2.24) is 9.62 Å². The van der Waals surface area contributed by atoms with Crippen LogP contribution in [0.25, 0.3) is 0 Å². The molecule has 1 amide bonds. The summed E-state index contributed by atoms with van der Waals surface area (Å²) in [4.78, 5) is 12.4. The lowest BCUT2D eigenvalue weighted by atomic mass is 10.1. The van der Waals surface area contributed by atoms with Crippen molar-refractivity contribution < 1.29 is 26.4 Å². The molecule has 3 rings (SSSR count). The minimum Gasteiger partial charge on any atom is -0.348 e. The van der Waals surface area contributed by atoms with Gasteiger partial charge in [0.1, 0.15) is 0 Å². The molecule has 29 heavy (non-hydrogen) atoms. The summed E-state index contributed by atoms with van der Waals surface area (Å²) >= 11 is 0. The molecule has 0 saturated carbocycles. The number of amides is 1. The van der Waals surface area contributed by atoms with E-state index in [1.165, 1.54) is 16.4 Å². The predicted octanol–water partition coefficient (Wildman–Crippen LogP) is 3.81. The molecule has 156 valence electrons. The summed E-state index contributed by atoms with van der Waals surface area (Å²) in [6, 6.07) is 10.2. The van der Waals surface area contributed by atoms with Gasteiger partial charge >= 0.3 is 6.18 Å². The van der Waals surface area contributed by atoms with E-state index in [1.807, 2.05) is 0 Å². The molecule has 2 aromatic carbocycles. The molecule has 2 aromatic rings. The second-order valence-electron chi connectivity index (χ2n) is 6.87. The molecule has 0 spiro atoms. The summed E-state index contributed by atoms with van der Waals surface area (Å²) in [5, 5.41) is 2.60. The highest BCUT2D eigenvalue weighted by molar-refractivity contribution is 7.89. The van der Waals surface area contributed by atoms with Gasteiger partial charge in [-0.15, -0.1) is 0 Å². The van der Waals surface area contributed by atoms with Gasteiger partial charge in [0.2, 0.25) is 10.0 Å². The summed E-state index contributed by atoms with van der Waals surface area (Å²) in [7, 11) is -3.58. The minimum absolute atomic E-state index is 0.0587. The third kappa shape index (κ3) is 5.16. The van der Waals surface area contributed by atoms with Gasteiger partial charge in [0.05, 0.1) is 10.5 Å². The number of sulfonamides is 1. The molecule has 0 bridgehead atoms. The van der Waals surface area contributed by atoms with Crippen molar-refractivity contribution in [2.75, 3.05) is 13.1 Å². The Morgan fingerprint density at radius 3 is 2.28 bits per heavy atom. The van der Waals surface area contributed by atoms with Crippen molar-refractivity contribution in [2.45, 2.75) is 36.9 Å². The fourth-order valence-electron chi connectivity index (χ4n) is 3.17. The van der Waals surface area contributed by atoms with Crippen LogP contribution in [0.4, 0.5) is 13.2 Å². The Labute approximate surface area is 167 Å². The van der Waals surface area contributed by atoms with Crippen LogP contribution in [0.2, 0.25) is 0 Å². The lowest BCUT2D eigenvalue weighted by molar-refractivity contribution is -0.137. The first-order chi connectivity index (χ1) is 13.7. The molecule has 5 nitrogen and oxygen atoms in total. The van der Waals surface area contributed by atoms with Crippen LogP contribution in [0, 0.1) is 0 Å². The standard InChI is InChI=1S/C20H21F3N2O3S/c21-20(22,23)17-9-7-16(8-10-17)19(26)24-14-15-5-4-6-18(13-15)29(27,28)25-11-2-1-3-12-25/h4-10,13H,1-3,11-12,14H2,(H,24,26). The Morgan fingerprint density at radius 2 is 1.66 bits per heavy atom. The van der Waals surface area contributed by atoms with Gasteiger partial charge in [0.15, 0.2) is 0 Å². The molecule has 1 heterocycles. The Kier molecular flexibility index (Phi) is 6.28. The predicted molar refractivity (Wildman–Crippen MR) is 102 cm³/mol. The van der Waals surface area contributed by atoms with Gasteiger partial charge in [-0.3, -0.25) is 4.79 Å². The largest absolute Gasteiger partial charge is 0.416 e. The van der Waals surface area contributed by atoms with Crippen molar-refractivity contribution in [2.24, 2.45) is 0 Å². The Morgan fingerprint density at radius 1 is 1.00 bits per heavy atom. The molecule has 0 atom stereocenters. The van der Waals surface area contributed by atoms with Crippen LogP contribution >= 0.6 is 0 Å². The number of hydrogen-bond donors (Lipinski definition) is 1. The first kappa shape index (κ1) is 21.3. The average molecular weight is 426 g/mol. The zero-order chi connectivity index (χ0) is 21.1. The molecule has 1 saturated heterocycles. The molecular formula is C20H21F3N2O3S. The van der Waals surface area contributed by atoms with Crippen molar-refractivity contribution in [3.63, 3.8) is 0 Å². The normalized spacial score (nSPS) is 15.8. The van der Waals surface area contributed by atoms with E-state index in [0.717, 1.165) is 43.5 Å². The van der Waals surface area contributed by atoms with E-state index < -0.39 is 27.7 Å².